The van der Waals surface area contributed by atoms with E-state index in [0.717, 1.165) is 26.1 Å². The van der Waals surface area contributed by atoms with Gasteiger partial charge in [0.1, 0.15) is 6.23 Å². The van der Waals surface area contributed by atoms with Crippen LogP contribution in [0.1, 0.15) is 61.8 Å². The second-order valence-electron chi connectivity index (χ2n) is 11.8. The van der Waals surface area contributed by atoms with Crippen LogP contribution in [0.25, 0.3) is 10.9 Å². The number of aliphatic hydroxyl groups is 1. The summed E-state index contributed by atoms with van der Waals surface area (Å²) in [7, 11) is 0. The molecule has 41 heavy (non-hydrogen) atoms. The summed E-state index contributed by atoms with van der Waals surface area (Å²) < 4.78 is 32.0. The predicted octanol–water partition coefficient (Wildman–Crippen LogP) is 3.64. The number of aromatic nitrogens is 3. The highest BCUT2D eigenvalue weighted by molar-refractivity contribution is 5.89. The lowest BCUT2D eigenvalue weighted by Gasteiger charge is -2.40. The van der Waals surface area contributed by atoms with Gasteiger partial charge in [-0.05, 0) is 69.3 Å². The van der Waals surface area contributed by atoms with E-state index in [1.165, 1.54) is 16.8 Å². The van der Waals surface area contributed by atoms with Gasteiger partial charge < -0.3 is 19.9 Å². The summed E-state index contributed by atoms with van der Waals surface area (Å²) in [5, 5.41) is 36.1. The minimum absolute atomic E-state index is 0.00407. The number of halogens is 2. The zero-order valence-electron chi connectivity index (χ0n) is 23.1. The molecule has 4 aliphatic rings. The van der Waals surface area contributed by atoms with Gasteiger partial charge in [0.05, 0.1) is 35.8 Å². The van der Waals surface area contributed by atoms with E-state index in [1.807, 2.05) is 6.92 Å². The largest absolute Gasteiger partial charge is 0.377 e. The molecule has 0 radical (unpaired) electrons. The molecule has 1 unspecified atom stereocenters. The van der Waals surface area contributed by atoms with Crippen molar-refractivity contribution >= 4 is 16.7 Å². The molecule has 0 spiro atoms. The quantitative estimate of drug-likeness (QED) is 0.411. The zero-order chi connectivity index (χ0) is 28.8. The van der Waals surface area contributed by atoms with Gasteiger partial charge in [-0.15, -0.1) is 5.10 Å². The first kappa shape index (κ1) is 27.7. The summed E-state index contributed by atoms with van der Waals surface area (Å²) in [6.45, 7) is 4.79. The molecule has 1 aliphatic carbocycles. The van der Waals surface area contributed by atoms with Crippen molar-refractivity contribution in [3.05, 3.63) is 63.6 Å². The number of fused-ring (bicyclic) bond motifs is 8. The molecule has 2 aromatic heterocycles. The van der Waals surface area contributed by atoms with Gasteiger partial charge in [0, 0.05) is 36.0 Å². The van der Waals surface area contributed by atoms with Gasteiger partial charge in [0.25, 0.3) is 11.5 Å². The Hall–Kier alpha value is -3.46. The van der Waals surface area contributed by atoms with E-state index in [-0.39, 0.29) is 30.0 Å². The Balaban J connectivity index is 1.41. The van der Waals surface area contributed by atoms with Crippen LogP contribution in [0.5, 0.6) is 0 Å². The maximum Gasteiger partial charge on any atom is 0.273 e. The number of aliphatic hydroxyl groups excluding tert-OH is 1. The fourth-order valence-electron chi connectivity index (χ4n) is 6.11. The van der Waals surface area contributed by atoms with Crippen molar-refractivity contribution in [3.8, 4) is 6.07 Å². The average molecular weight is 564 g/mol. The molecule has 5 heterocycles. The maximum absolute atomic E-state index is 15.3. The van der Waals surface area contributed by atoms with Crippen molar-refractivity contribution in [2.45, 2.75) is 69.2 Å². The molecular formula is C30H35F2N7O2. The SMILES string of the molecule is C[C@H]1Nc2nncc3c2cc(C2(C#N)CC2)c(=O)n3CC(O)NCCCN2CC(CCC(F)(F)c3cccc1c3)C2. The molecule has 8 bridgehead atoms. The van der Waals surface area contributed by atoms with Gasteiger partial charge >= 0.3 is 0 Å². The van der Waals surface area contributed by atoms with Crippen LogP contribution in [-0.2, 0) is 17.9 Å². The molecule has 3 aliphatic heterocycles. The van der Waals surface area contributed by atoms with Gasteiger partial charge in [-0.3, -0.25) is 10.1 Å². The number of nitrogens with zero attached hydrogens (tertiary/aromatic N) is 5. The summed E-state index contributed by atoms with van der Waals surface area (Å²) in [6, 6.07) is 10.1. The van der Waals surface area contributed by atoms with Crippen molar-refractivity contribution in [2.24, 2.45) is 5.92 Å². The normalized spacial score (nSPS) is 27.6. The fourth-order valence-corrected chi connectivity index (χ4v) is 6.11. The molecule has 1 saturated carbocycles. The van der Waals surface area contributed by atoms with E-state index >= 15 is 8.78 Å². The second-order valence-corrected chi connectivity index (χ2v) is 11.8. The van der Waals surface area contributed by atoms with Crippen molar-refractivity contribution in [1.29, 1.82) is 5.26 Å². The second kappa shape index (κ2) is 10.7. The summed E-state index contributed by atoms with van der Waals surface area (Å²) >= 11 is 0. The van der Waals surface area contributed by atoms with E-state index in [4.69, 9.17) is 0 Å². The highest BCUT2D eigenvalue weighted by Crippen LogP contribution is 2.47. The fraction of sp³-hybridized carbons (Fsp3) is 0.533. The van der Waals surface area contributed by atoms with E-state index in [2.05, 4.69) is 31.8 Å². The van der Waals surface area contributed by atoms with Crippen molar-refractivity contribution in [1.82, 2.24) is 25.0 Å². The smallest absolute Gasteiger partial charge is 0.273 e. The summed E-state index contributed by atoms with van der Waals surface area (Å²) in [4.78, 5) is 15.9. The number of nitrogens with one attached hydrogen (secondary N) is 2. The molecule has 3 N–H and O–H groups in total. The minimum Gasteiger partial charge on any atom is -0.377 e. The molecule has 2 fully saturated rings. The van der Waals surface area contributed by atoms with Crippen LogP contribution < -0.4 is 16.2 Å². The zero-order valence-corrected chi connectivity index (χ0v) is 23.1. The van der Waals surface area contributed by atoms with E-state index in [1.54, 1.807) is 24.3 Å². The number of nitriles is 1. The van der Waals surface area contributed by atoms with Gasteiger partial charge in [0.15, 0.2) is 5.82 Å². The number of benzene rings is 1. The van der Waals surface area contributed by atoms with Crippen molar-refractivity contribution in [2.75, 3.05) is 31.5 Å². The number of hydrogen-bond donors (Lipinski definition) is 3. The molecule has 2 atom stereocenters. The number of alkyl halides is 2. The molecule has 7 rings (SSSR count). The molecule has 3 aromatic rings. The molecule has 0 amide bonds. The highest BCUT2D eigenvalue weighted by Gasteiger charge is 2.47. The highest BCUT2D eigenvalue weighted by atomic mass is 19.3. The number of rotatable bonds is 1. The maximum atomic E-state index is 15.3. The summed E-state index contributed by atoms with van der Waals surface area (Å²) in [5.74, 6) is -2.31. The van der Waals surface area contributed by atoms with Gasteiger partial charge in [-0.1, -0.05) is 18.2 Å². The molecule has 216 valence electrons. The van der Waals surface area contributed by atoms with E-state index < -0.39 is 23.6 Å². The van der Waals surface area contributed by atoms with Gasteiger partial charge in [-0.25, -0.2) is 8.78 Å². The summed E-state index contributed by atoms with van der Waals surface area (Å²) in [6.07, 6.45) is 2.70. The number of anilines is 1. The average Bonchev–Trinajstić information content (AvgIpc) is 3.74. The Morgan fingerprint density at radius 3 is 2.73 bits per heavy atom. The Morgan fingerprint density at radius 1 is 1.17 bits per heavy atom. The van der Waals surface area contributed by atoms with Crippen LogP contribution in [-0.4, -0.2) is 57.2 Å². The Kier molecular flexibility index (Phi) is 7.26. The molecule has 11 heteroatoms. The Morgan fingerprint density at radius 2 is 1.98 bits per heavy atom. The van der Waals surface area contributed by atoms with Gasteiger partial charge in [0.2, 0.25) is 0 Å². The van der Waals surface area contributed by atoms with Gasteiger partial charge in [-0.2, -0.15) is 10.4 Å². The summed E-state index contributed by atoms with van der Waals surface area (Å²) in [5.41, 5.74) is 0.316. The van der Waals surface area contributed by atoms with Crippen LogP contribution in [0.3, 0.4) is 0 Å². The minimum atomic E-state index is -2.94. The topological polar surface area (TPSA) is 119 Å². The molecule has 1 saturated heterocycles. The van der Waals surface area contributed by atoms with Crippen LogP contribution in [0.2, 0.25) is 0 Å². The van der Waals surface area contributed by atoms with Crippen molar-refractivity contribution < 1.29 is 13.9 Å². The van der Waals surface area contributed by atoms with Crippen LogP contribution in [0.4, 0.5) is 14.6 Å². The van der Waals surface area contributed by atoms with Crippen molar-refractivity contribution in [3.63, 3.8) is 0 Å². The number of pyridine rings is 1. The lowest BCUT2D eigenvalue weighted by Crippen LogP contribution is -2.48. The molecular weight excluding hydrogens is 528 g/mol. The first-order valence-corrected chi connectivity index (χ1v) is 14.4. The number of hydrogen-bond acceptors (Lipinski definition) is 8. The third kappa shape index (κ3) is 5.44. The Labute approximate surface area is 237 Å². The first-order valence-electron chi connectivity index (χ1n) is 14.4. The monoisotopic (exact) mass is 563 g/mol. The first-order chi connectivity index (χ1) is 19.7. The molecule has 1 aromatic carbocycles. The standard InChI is InChI=1S/C30H35F2N7O2/c1-19-21-4-2-5-22(12-21)30(31,32)7-6-20-15-38(16-20)11-3-10-34-26(40)17-39-25-14-35-37-27(36-19)23(25)13-24(28(39)41)29(18-33)8-9-29/h2,4-5,12-14,19-20,26,34,40H,3,6-11,15-17H2,1H3,(H,36,37)/t19-,26?/m1/s1. The van der Waals surface area contributed by atoms with E-state index in [9.17, 15) is 15.2 Å². The lowest BCUT2D eigenvalue weighted by atomic mass is 9.90. The van der Waals surface area contributed by atoms with E-state index in [0.29, 0.717) is 53.7 Å². The van der Waals surface area contributed by atoms with Crippen LogP contribution in [0, 0.1) is 17.2 Å². The predicted molar refractivity (Wildman–Crippen MR) is 150 cm³/mol. The molecule has 9 nitrogen and oxygen atoms in total. The van der Waals surface area contributed by atoms with Crippen LogP contribution in [0.15, 0.2) is 41.3 Å². The third-order valence-electron chi connectivity index (χ3n) is 8.85. The third-order valence-corrected chi connectivity index (χ3v) is 8.85. The lowest BCUT2D eigenvalue weighted by molar-refractivity contribution is -0.0291. The van der Waals surface area contributed by atoms with Crippen LogP contribution >= 0.6 is 0 Å². The Bertz CT molecular complexity index is 1540.